The number of fused-ring (bicyclic) bond motifs is 1. The van der Waals surface area contributed by atoms with Crippen molar-refractivity contribution in [3.05, 3.63) is 41.5 Å². The first-order chi connectivity index (χ1) is 11.6. The van der Waals surface area contributed by atoms with Crippen molar-refractivity contribution in [2.24, 2.45) is 0 Å². The van der Waals surface area contributed by atoms with Gasteiger partial charge in [-0.05, 0) is 5.56 Å². The molecule has 0 saturated heterocycles. The molecule has 2 aromatic rings. The zero-order chi connectivity index (χ0) is 17.1. The van der Waals surface area contributed by atoms with Gasteiger partial charge >= 0.3 is 0 Å². The van der Waals surface area contributed by atoms with Gasteiger partial charge in [-0.25, -0.2) is 9.97 Å². The minimum Gasteiger partial charge on any atom is -0.384 e. The van der Waals surface area contributed by atoms with Gasteiger partial charge in [0.25, 0.3) is 0 Å². The molecule has 0 bridgehead atoms. The molecule has 24 heavy (non-hydrogen) atoms. The van der Waals surface area contributed by atoms with Gasteiger partial charge in [0.1, 0.15) is 11.6 Å². The van der Waals surface area contributed by atoms with Crippen LogP contribution in [0.5, 0.6) is 0 Å². The number of nitrogen functional groups attached to an aromatic ring is 1. The van der Waals surface area contributed by atoms with Crippen LogP contribution in [0.3, 0.4) is 0 Å². The minimum atomic E-state index is -1.42. The van der Waals surface area contributed by atoms with Gasteiger partial charge in [0.05, 0.1) is 36.1 Å². The lowest BCUT2D eigenvalue weighted by molar-refractivity contribution is -0.117. The number of hydrogen-bond acceptors (Lipinski definition) is 6. The molecule has 1 aromatic heterocycles. The number of amides is 1. The van der Waals surface area contributed by atoms with Crippen LogP contribution in [0.2, 0.25) is 0 Å². The van der Waals surface area contributed by atoms with E-state index in [1.165, 1.54) is 7.11 Å². The van der Waals surface area contributed by atoms with Gasteiger partial charge in [-0.3, -0.25) is 13.9 Å². The predicted octanol–water partition coefficient (Wildman–Crippen LogP) is 0.902. The second kappa shape index (κ2) is 7.06. The topological polar surface area (TPSA) is 98.4 Å². The maximum atomic E-state index is 12.3. The molecular formula is C16H18N4O3S. The van der Waals surface area contributed by atoms with E-state index in [1.54, 1.807) is 4.90 Å². The number of rotatable bonds is 6. The number of hydrogen-bond donors (Lipinski definition) is 1. The van der Waals surface area contributed by atoms with Crippen molar-refractivity contribution in [2.75, 3.05) is 30.1 Å². The van der Waals surface area contributed by atoms with E-state index in [2.05, 4.69) is 9.97 Å². The van der Waals surface area contributed by atoms with Crippen LogP contribution in [-0.2, 0) is 33.3 Å². The van der Waals surface area contributed by atoms with Crippen LogP contribution < -0.4 is 10.6 Å². The van der Waals surface area contributed by atoms with Crippen LogP contribution in [0.25, 0.3) is 0 Å². The Kier molecular flexibility index (Phi) is 4.86. The van der Waals surface area contributed by atoms with Crippen molar-refractivity contribution in [3.8, 4) is 0 Å². The third-order valence-corrected chi connectivity index (χ3v) is 4.87. The molecule has 1 aliphatic rings. The van der Waals surface area contributed by atoms with E-state index in [9.17, 15) is 9.00 Å². The molecule has 8 heteroatoms. The largest absolute Gasteiger partial charge is 0.384 e. The molecule has 1 unspecified atom stereocenters. The highest BCUT2D eigenvalue weighted by molar-refractivity contribution is 7.84. The van der Waals surface area contributed by atoms with Crippen molar-refractivity contribution in [2.45, 2.75) is 18.1 Å². The molecular weight excluding hydrogens is 328 g/mol. The van der Waals surface area contributed by atoms with Crippen molar-refractivity contribution in [1.29, 1.82) is 0 Å². The van der Waals surface area contributed by atoms with Gasteiger partial charge in [0.15, 0.2) is 0 Å². The van der Waals surface area contributed by atoms with Gasteiger partial charge in [-0.2, -0.15) is 0 Å². The molecule has 0 aliphatic carbocycles. The zero-order valence-corrected chi connectivity index (χ0v) is 14.1. The number of carbonyl (C=O) groups is 1. The summed E-state index contributed by atoms with van der Waals surface area (Å²) < 4.78 is 17.2. The maximum Gasteiger partial charge on any atom is 0.233 e. The Morgan fingerprint density at radius 2 is 2.04 bits per heavy atom. The van der Waals surface area contributed by atoms with Gasteiger partial charge in [0, 0.05) is 12.7 Å². The number of methoxy groups -OCH3 is 1. The predicted molar refractivity (Wildman–Crippen MR) is 90.9 cm³/mol. The molecule has 1 aromatic carbocycles. The lowest BCUT2D eigenvalue weighted by Gasteiger charge is -2.17. The summed E-state index contributed by atoms with van der Waals surface area (Å²) in [6.07, 6.45) is 0.166. The summed E-state index contributed by atoms with van der Waals surface area (Å²) in [4.78, 5) is 22.4. The van der Waals surface area contributed by atoms with Gasteiger partial charge < -0.3 is 10.5 Å². The summed E-state index contributed by atoms with van der Waals surface area (Å²) in [5, 5.41) is 0.135. The summed E-state index contributed by atoms with van der Waals surface area (Å²) >= 11 is 0. The third-order valence-electron chi connectivity index (χ3n) is 3.74. The number of nitrogens with zero attached hydrogens (tertiary/aromatic N) is 3. The van der Waals surface area contributed by atoms with E-state index in [0.29, 0.717) is 24.5 Å². The van der Waals surface area contributed by atoms with E-state index < -0.39 is 10.8 Å². The first-order valence-electron chi connectivity index (χ1n) is 7.48. The third kappa shape index (κ3) is 3.29. The smallest absolute Gasteiger partial charge is 0.233 e. The fourth-order valence-electron chi connectivity index (χ4n) is 2.51. The monoisotopic (exact) mass is 346 g/mol. The normalized spacial score (nSPS) is 14.7. The Hall–Kier alpha value is -2.32. The molecule has 0 fully saturated rings. The highest BCUT2D eigenvalue weighted by atomic mass is 32.2. The zero-order valence-electron chi connectivity index (χ0n) is 13.3. The summed E-state index contributed by atoms with van der Waals surface area (Å²) in [7, 11) is 0.113. The van der Waals surface area contributed by atoms with E-state index in [-0.39, 0.29) is 29.1 Å². The molecule has 2 N–H and O–H groups in total. The van der Waals surface area contributed by atoms with Crippen LogP contribution in [0, 0.1) is 0 Å². The minimum absolute atomic E-state index is 0.0883. The Labute approximate surface area is 142 Å². The van der Waals surface area contributed by atoms with Crippen LogP contribution in [0.1, 0.15) is 11.1 Å². The first kappa shape index (κ1) is 16.5. The summed E-state index contributed by atoms with van der Waals surface area (Å²) in [6.45, 7) is 0.729. The molecule has 0 spiro atoms. The number of benzene rings is 1. The molecule has 0 radical (unpaired) electrons. The Morgan fingerprint density at radius 1 is 1.29 bits per heavy atom. The maximum absolute atomic E-state index is 12.3. The fraction of sp³-hybridized carbons (Fsp3) is 0.312. The van der Waals surface area contributed by atoms with Gasteiger partial charge in [0.2, 0.25) is 11.1 Å². The lowest BCUT2D eigenvalue weighted by Crippen LogP contribution is -2.27. The Bertz CT molecular complexity index is 782. The van der Waals surface area contributed by atoms with Crippen molar-refractivity contribution < 1.29 is 13.7 Å². The number of nitrogens with two attached hydrogens (primary N) is 1. The Balaban J connectivity index is 1.92. The van der Waals surface area contributed by atoms with E-state index in [4.69, 9.17) is 10.5 Å². The second-order valence-electron chi connectivity index (χ2n) is 5.38. The second-order valence-corrected chi connectivity index (χ2v) is 6.84. The van der Waals surface area contributed by atoms with Crippen molar-refractivity contribution in [1.82, 2.24) is 9.97 Å². The summed E-state index contributed by atoms with van der Waals surface area (Å²) in [6, 6.07) is 9.62. The fourth-order valence-corrected chi connectivity index (χ4v) is 3.40. The molecule has 2 heterocycles. The number of ether oxygens (including phenoxy) is 1. The summed E-state index contributed by atoms with van der Waals surface area (Å²) in [5.74, 6) is 0.859. The molecule has 1 atom stereocenters. The Morgan fingerprint density at radius 3 is 2.75 bits per heavy atom. The molecule has 1 aliphatic heterocycles. The SMILES string of the molecule is COCCS(=O)c1nc(N)c2c(n1)N(Cc1ccccc1)C(=O)C2. The molecule has 0 saturated carbocycles. The average molecular weight is 346 g/mol. The van der Waals surface area contributed by atoms with Gasteiger partial charge in [-0.15, -0.1) is 0 Å². The average Bonchev–Trinajstić information content (AvgIpc) is 2.90. The van der Waals surface area contributed by atoms with Crippen LogP contribution >= 0.6 is 0 Å². The standard InChI is InChI=1S/C16H18N4O3S/c1-23-7-8-24(22)16-18-14(17)12-9-13(21)20(15(12)19-16)10-11-5-3-2-4-6-11/h2-6H,7-10H2,1H3,(H2,17,18,19). The van der Waals surface area contributed by atoms with Crippen molar-refractivity contribution >= 4 is 28.3 Å². The van der Waals surface area contributed by atoms with Crippen LogP contribution in [0.15, 0.2) is 35.5 Å². The lowest BCUT2D eigenvalue weighted by atomic mass is 10.2. The van der Waals surface area contributed by atoms with E-state index >= 15 is 0 Å². The number of anilines is 2. The first-order valence-corrected chi connectivity index (χ1v) is 8.80. The number of aromatic nitrogens is 2. The van der Waals surface area contributed by atoms with Crippen LogP contribution in [0.4, 0.5) is 11.6 Å². The summed E-state index contributed by atoms with van der Waals surface area (Å²) in [5.41, 5.74) is 7.55. The van der Waals surface area contributed by atoms with Gasteiger partial charge in [-0.1, -0.05) is 30.3 Å². The van der Waals surface area contributed by atoms with Crippen molar-refractivity contribution in [3.63, 3.8) is 0 Å². The molecule has 1 amide bonds. The highest BCUT2D eigenvalue weighted by Crippen LogP contribution is 2.32. The molecule has 3 rings (SSSR count). The highest BCUT2D eigenvalue weighted by Gasteiger charge is 2.32. The van der Waals surface area contributed by atoms with E-state index in [1.807, 2.05) is 30.3 Å². The quantitative estimate of drug-likeness (QED) is 0.781. The van der Waals surface area contributed by atoms with Crippen LogP contribution in [-0.4, -0.2) is 39.6 Å². The molecule has 7 nitrogen and oxygen atoms in total. The number of carbonyl (C=O) groups excluding carboxylic acids is 1. The molecule has 126 valence electrons. The van der Waals surface area contributed by atoms with E-state index in [0.717, 1.165) is 5.56 Å².